The smallest absolute Gasteiger partial charge is 0.105 e. The number of rotatable bonds is 6. The number of hydrogen-bond donors (Lipinski definition) is 2. The topological polar surface area (TPSA) is 138 Å². The quantitative estimate of drug-likeness (QED) is 0.454. The number of nitrogens with zero attached hydrogens (tertiary/aromatic N) is 6. The Bertz CT molecular complexity index is 493. The van der Waals surface area contributed by atoms with Crippen LogP contribution in [0.5, 0.6) is 0 Å². The second kappa shape index (κ2) is 7.16. The second-order valence-corrected chi connectivity index (χ2v) is 3.50. The number of aliphatic hydroxyl groups excluding tert-OH is 2. The van der Waals surface area contributed by atoms with Gasteiger partial charge in [-0.2, -0.15) is 0 Å². The van der Waals surface area contributed by atoms with Crippen molar-refractivity contribution in [2.75, 3.05) is 6.54 Å². The van der Waals surface area contributed by atoms with Gasteiger partial charge in [0.15, 0.2) is 0 Å². The molecule has 2 unspecified atom stereocenters. The molecule has 18 heavy (non-hydrogen) atoms. The van der Waals surface area contributed by atoms with Gasteiger partial charge in [0, 0.05) is 22.1 Å². The molecule has 0 aromatic heterocycles. The molecule has 0 aliphatic heterocycles. The molecule has 0 spiro atoms. The summed E-state index contributed by atoms with van der Waals surface area (Å²) in [6.07, 6.45) is -2.17. The summed E-state index contributed by atoms with van der Waals surface area (Å²) in [4.78, 5) is 5.20. The fourth-order valence-corrected chi connectivity index (χ4v) is 1.48. The van der Waals surface area contributed by atoms with Gasteiger partial charge in [-0.25, -0.2) is 0 Å². The van der Waals surface area contributed by atoms with Crippen molar-refractivity contribution in [2.45, 2.75) is 18.6 Å². The summed E-state index contributed by atoms with van der Waals surface area (Å²) in [5.74, 6) is 0. The summed E-state index contributed by atoms with van der Waals surface area (Å²) in [6.45, 7) is 0.0818. The molecule has 0 radical (unpaired) electrons. The number of aliphatic hydroxyl groups is 2. The molecule has 8 heteroatoms. The SMILES string of the molecule is [N-]=[N+]=NCCC(O)C(O)c1ccccc1N=[N+]=[N-]. The Kier molecular flexibility index (Phi) is 5.50. The van der Waals surface area contributed by atoms with Crippen molar-refractivity contribution in [1.29, 1.82) is 0 Å². The minimum absolute atomic E-state index is 0.0818. The van der Waals surface area contributed by atoms with E-state index in [4.69, 9.17) is 11.1 Å². The van der Waals surface area contributed by atoms with E-state index < -0.39 is 12.2 Å². The predicted octanol–water partition coefficient (Wildman–Crippen LogP) is 2.72. The summed E-state index contributed by atoms with van der Waals surface area (Å²) in [6, 6.07) is 6.42. The number of hydrogen-bond acceptors (Lipinski definition) is 4. The monoisotopic (exact) mass is 248 g/mol. The second-order valence-electron chi connectivity index (χ2n) is 3.50. The van der Waals surface area contributed by atoms with Gasteiger partial charge in [0.05, 0.1) is 6.10 Å². The van der Waals surface area contributed by atoms with E-state index in [1.54, 1.807) is 24.3 Å². The maximum Gasteiger partial charge on any atom is 0.105 e. The lowest BCUT2D eigenvalue weighted by Gasteiger charge is -2.18. The maximum atomic E-state index is 9.93. The van der Waals surface area contributed by atoms with E-state index >= 15 is 0 Å². The molecule has 0 amide bonds. The first kappa shape index (κ1) is 13.8. The van der Waals surface area contributed by atoms with Crippen molar-refractivity contribution >= 4 is 5.69 Å². The van der Waals surface area contributed by atoms with Gasteiger partial charge in [-0.1, -0.05) is 34.5 Å². The molecule has 0 saturated carbocycles. The summed E-state index contributed by atoms with van der Waals surface area (Å²) in [7, 11) is 0. The Morgan fingerprint density at radius 2 is 1.89 bits per heavy atom. The standard InChI is InChI=1S/C10H12N6O2/c11-15-13-6-5-9(17)10(18)7-3-1-2-4-8(7)14-16-12/h1-4,9-10,17-18H,5-6H2. The van der Waals surface area contributed by atoms with Crippen LogP contribution in [0.25, 0.3) is 20.9 Å². The highest BCUT2D eigenvalue weighted by atomic mass is 16.3. The molecule has 0 fully saturated rings. The molecule has 2 atom stereocenters. The third-order valence-electron chi connectivity index (χ3n) is 2.36. The lowest BCUT2D eigenvalue weighted by atomic mass is 10.0. The third kappa shape index (κ3) is 3.65. The lowest BCUT2D eigenvalue weighted by Crippen LogP contribution is -2.19. The zero-order chi connectivity index (χ0) is 13.4. The van der Waals surface area contributed by atoms with Crippen molar-refractivity contribution in [3.05, 3.63) is 50.7 Å². The van der Waals surface area contributed by atoms with E-state index in [-0.39, 0.29) is 18.7 Å². The molecule has 1 rings (SSSR count). The van der Waals surface area contributed by atoms with Crippen LogP contribution in [0.2, 0.25) is 0 Å². The van der Waals surface area contributed by atoms with Crippen molar-refractivity contribution < 1.29 is 10.2 Å². The van der Waals surface area contributed by atoms with E-state index in [2.05, 4.69) is 20.1 Å². The lowest BCUT2D eigenvalue weighted by molar-refractivity contribution is 0.0154. The normalized spacial score (nSPS) is 13.0. The first-order valence-electron chi connectivity index (χ1n) is 5.21. The van der Waals surface area contributed by atoms with Gasteiger partial charge in [-0.05, 0) is 23.0 Å². The summed E-state index contributed by atoms with van der Waals surface area (Å²) in [5.41, 5.74) is 17.1. The Labute approximate surface area is 103 Å². The zero-order valence-electron chi connectivity index (χ0n) is 9.46. The average Bonchev–Trinajstić information content (AvgIpc) is 2.39. The van der Waals surface area contributed by atoms with Gasteiger partial charge in [0.25, 0.3) is 0 Å². The molecule has 2 N–H and O–H groups in total. The first-order chi connectivity index (χ1) is 8.70. The van der Waals surface area contributed by atoms with Crippen LogP contribution < -0.4 is 0 Å². The van der Waals surface area contributed by atoms with E-state index in [9.17, 15) is 10.2 Å². The van der Waals surface area contributed by atoms with Crippen LogP contribution in [0.1, 0.15) is 18.1 Å². The van der Waals surface area contributed by atoms with Gasteiger partial charge < -0.3 is 10.2 Å². The van der Waals surface area contributed by atoms with Gasteiger partial charge >= 0.3 is 0 Å². The van der Waals surface area contributed by atoms with Crippen LogP contribution >= 0.6 is 0 Å². The van der Waals surface area contributed by atoms with Crippen LogP contribution in [0.3, 0.4) is 0 Å². The first-order valence-corrected chi connectivity index (χ1v) is 5.21. The summed E-state index contributed by atoms with van der Waals surface area (Å²) < 4.78 is 0. The minimum atomic E-state index is -1.19. The molecule has 1 aromatic carbocycles. The highest BCUT2D eigenvalue weighted by molar-refractivity contribution is 5.47. The van der Waals surface area contributed by atoms with Crippen molar-refractivity contribution in [1.82, 2.24) is 0 Å². The van der Waals surface area contributed by atoms with Crippen molar-refractivity contribution in [3.63, 3.8) is 0 Å². The molecule has 1 aromatic rings. The van der Waals surface area contributed by atoms with Crippen LogP contribution in [0, 0.1) is 0 Å². The summed E-state index contributed by atoms with van der Waals surface area (Å²) >= 11 is 0. The summed E-state index contributed by atoms with van der Waals surface area (Å²) in [5, 5.41) is 26.4. The molecule has 0 aliphatic rings. The third-order valence-corrected chi connectivity index (χ3v) is 2.36. The molecular weight excluding hydrogens is 236 g/mol. The molecule has 0 aliphatic carbocycles. The molecule has 0 saturated heterocycles. The van der Waals surface area contributed by atoms with Crippen molar-refractivity contribution in [2.24, 2.45) is 10.2 Å². The Balaban J connectivity index is 2.85. The van der Waals surface area contributed by atoms with E-state index in [0.29, 0.717) is 5.56 Å². The number of benzene rings is 1. The minimum Gasteiger partial charge on any atom is -0.390 e. The van der Waals surface area contributed by atoms with Crippen LogP contribution in [-0.2, 0) is 0 Å². The predicted molar refractivity (Wildman–Crippen MR) is 64.8 cm³/mol. The molecular formula is C10H12N6O2. The van der Waals surface area contributed by atoms with Crippen LogP contribution in [0.15, 0.2) is 34.5 Å². The van der Waals surface area contributed by atoms with Crippen molar-refractivity contribution in [3.8, 4) is 0 Å². The highest BCUT2D eigenvalue weighted by Gasteiger charge is 2.19. The van der Waals surface area contributed by atoms with Crippen LogP contribution in [0.4, 0.5) is 5.69 Å². The Hall–Kier alpha value is -2.24. The van der Waals surface area contributed by atoms with Crippen LogP contribution in [-0.4, -0.2) is 22.9 Å². The van der Waals surface area contributed by atoms with E-state index in [1.807, 2.05) is 0 Å². The van der Waals surface area contributed by atoms with E-state index in [0.717, 1.165) is 0 Å². The van der Waals surface area contributed by atoms with Gasteiger partial charge in [-0.3, -0.25) is 0 Å². The maximum absolute atomic E-state index is 9.93. The number of azide groups is 2. The molecule has 0 heterocycles. The fraction of sp³-hybridized carbons (Fsp3) is 0.400. The van der Waals surface area contributed by atoms with Gasteiger partial charge in [0.1, 0.15) is 6.10 Å². The molecule has 0 bridgehead atoms. The van der Waals surface area contributed by atoms with Gasteiger partial charge in [0.2, 0.25) is 0 Å². The fourth-order valence-electron chi connectivity index (χ4n) is 1.48. The Morgan fingerprint density at radius 3 is 2.56 bits per heavy atom. The molecule has 8 nitrogen and oxygen atoms in total. The largest absolute Gasteiger partial charge is 0.390 e. The average molecular weight is 248 g/mol. The van der Waals surface area contributed by atoms with E-state index in [1.165, 1.54) is 0 Å². The highest BCUT2D eigenvalue weighted by Crippen LogP contribution is 2.28. The zero-order valence-corrected chi connectivity index (χ0v) is 9.46. The van der Waals surface area contributed by atoms with Gasteiger partial charge in [-0.15, -0.1) is 0 Å². The molecule has 94 valence electrons. The Morgan fingerprint density at radius 1 is 1.17 bits per heavy atom.